The highest BCUT2D eigenvalue weighted by atomic mass is 32.2. The van der Waals surface area contributed by atoms with Crippen molar-refractivity contribution in [3.8, 4) is 5.75 Å². The fourth-order valence-electron chi connectivity index (χ4n) is 1.66. The largest absolute Gasteiger partial charge is 0.497 e. The zero-order chi connectivity index (χ0) is 16.2. The van der Waals surface area contributed by atoms with Crippen LogP contribution in [0.4, 0.5) is 5.69 Å². The third-order valence-electron chi connectivity index (χ3n) is 2.82. The number of nitrogens with one attached hydrogen (secondary N) is 1. The summed E-state index contributed by atoms with van der Waals surface area (Å²) in [4.78, 5) is 21.1. The summed E-state index contributed by atoms with van der Waals surface area (Å²) in [6.45, 7) is 2.99. The number of ketones is 1. The van der Waals surface area contributed by atoms with Crippen LogP contribution in [-0.4, -0.2) is 32.3 Å². The number of nitro groups is 1. The molecule has 0 saturated carbocycles. The number of nitro benzene ring substituents is 1. The van der Waals surface area contributed by atoms with E-state index in [1.54, 1.807) is 6.92 Å². The van der Waals surface area contributed by atoms with Gasteiger partial charge in [0.1, 0.15) is 11.5 Å². The van der Waals surface area contributed by atoms with Gasteiger partial charge in [0.05, 0.1) is 24.1 Å². The SMILES string of the molecule is CCC(=O)C(C)NS(=O)(=O)c1ccc(OC)cc1[N+](=O)[O-]. The first-order valence-electron chi connectivity index (χ1n) is 6.10. The second kappa shape index (κ2) is 6.64. The topological polar surface area (TPSA) is 116 Å². The summed E-state index contributed by atoms with van der Waals surface area (Å²) in [5.74, 6) is -0.145. The molecule has 1 atom stereocenters. The molecule has 0 aliphatic heterocycles. The second-order valence-corrected chi connectivity index (χ2v) is 5.94. The average Bonchev–Trinajstić information content (AvgIpc) is 2.44. The predicted molar refractivity (Wildman–Crippen MR) is 74.7 cm³/mol. The van der Waals surface area contributed by atoms with E-state index in [0.29, 0.717) is 0 Å². The standard InChI is InChI=1S/C12H16N2O6S/c1-4-11(15)8(2)13-21(18,19)12-6-5-9(20-3)7-10(12)14(16)17/h5-8,13H,4H2,1-3H3. The first kappa shape index (κ1) is 17.1. The number of carbonyl (C=O) groups excluding carboxylic acids is 1. The molecule has 0 radical (unpaired) electrons. The molecule has 0 aliphatic rings. The monoisotopic (exact) mass is 316 g/mol. The highest BCUT2D eigenvalue weighted by Crippen LogP contribution is 2.28. The zero-order valence-corrected chi connectivity index (χ0v) is 12.6. The molecule has 1 N–H and O–H groups in total. The molecule has 0 saturated heterocycles. The first-order chi connectivity index (χ1) is 9.72. The number of nitrogens with zero attached hydrogens (tertiary/aromatic N) is 1. The van der Waals surface area contributed by atoms with Crippen molar-refractivity contribution < 1.29 is 22.9 Å². The molecule has 0 heterocycles. The second-order valence-electron chi connectivity index (χ2n) is 4.25. The fraction of sp³-hybridized carbons (Fsp3) is 0.417. The van der Waals surface area contributed by atoms with Crippen LogP contribution in [0.25, 0.3) is 0 Å². The van der Waals surface area contributed by atoms with E-state index in [2.05, 4.69) is 4.72 Å². The summed E-state index contributed by atoms with van der Waals surface area (Å²) < 4.78 is 31.3. The molecule has 1 unspecified atom stereocenters. The van der Waals surface area contributed by atoms with Crippen LogP contribution >= 0.6 is 0 Å². The molecule has 0 aromatic heterocycles. The molecule has 21 heavy (non-hydrogen) atoms. The average molecular weight is 316 g/mol. The van der Waals surface area contributed by atoms with Gasteiger partial charge in [0.15, 0.2) is 4.90 Å². The van der Waals surface area contributed by atoms with Gasteiger partial charge < -0.3 is 4.74 Å². The Labute approximate surface area is 122 Å². The van der Waals surface area contributed by atoms with E-state index in [0.717, 1.165) is 12.1 Å². The van der Waals surface area contributed by atoms with Crippen LogP contribution < -0.4 is 9.46 Å². The number of ether oxygens (including phenoxy) is 1. The zero-order valence-electron chi connectivity index (χ0n) is 11.8. The Hall–Kier alpha value is -2.00. The van der Waals surface area contributed by atoms with Gasteiger partial charge in [0, 0.05) is 6.42 Å². The van der Waals surface area contributed by atoms with E-state index in [4.69, 9.17) is 4.74 Å². The molecule has 1 aromatic carbocycles. The summed E-state index contributed by atoms with van der Waals surface area (Å²) in [6, 6.07) is 2.43. The Morgan fingerprint density at radius 1 is 1.48 bits per heavy atom. The van der Waals surface area contributed by atoms with Gasteiger partial charge in [-0.05, 0) is 19.1 Å². The Bertz CT molecular complexity index is 656. The number of hydrogen-bond acceptors (Lipinski definition) is 6. The van der Waals surface area contributed by atoms with Gasteiger partial charge in [0.25, 0.3) is 5.69 Å². The Morgan fingerprint density at radius 3 is 2.57 bits per heavy atom. The minimum Gasteiger partial charge on any atom is -0.497 e. The number of rotatable bonds is 7. The maximum Gasteiger partial charge on any atom is 0.293 e. The summed E-state index contributed by atoms with van der Waals surface area (Å²) in [7, 11) is -2.87. The molecule has 116 valence electrons. The van der Waals surface area contributed by atoms with Crippen molar-refractivity contribution in [2.75, 3.05) is 7.11 Å². The molecular weight excluding hydrogens is 300 g/mol. The lowest BCUT2D eigenvalue weighted by molar-refractivity contribution is -0.387. The van der Waals surface area contributed by atoms with Crippen molar-refractivity contribution in [3.63, 3.8) is 0 Å². The highest BCUT2D eigenvalue weighted by Gasteiger charge is 2.29. The summed E-state index contributed by atoms with van der Waals surface area (Å²) in [5, 5.41) is 11.0. The van der Waals surface area contributed by atoms with E-state index >= 15 is 0 Å². The number of Topliss-reactive ketones (excluding diaryl/α,β-unsaturated/α-hetero) is 1. The van der Waals surface area contributed by atoms with Gasteiger partial charge in [-0.3, -0.25) is 14.9 Å². The van der Waals surface area contributed by atoms with Gasteiger partial charge in [0.2, 0.25) is 10.0 Å². The van der Waals surface area contributed by atoms with Crippen LogP contribution in [0.5, 0.6) is 5.75 Å². The third kappa shape index (κ3) is 3.99. The molecule has 0 aliphatic carbocycles. The van der Waals surface area contributed by atoms with Crippen LogP contribution in [0.1, 0.15) is 20.3 Å². The van der Waals surface area contributed by atoms with Crippen molar-refractivity contribution in [2.24, 2.45) is 0 Å². The molecule has 0 spiro atoms. The third-order valence-corrected chi connectivity index (χ3v) is 4.40. The summed E-state index contributed by atoms with van der Waals surface area (Å²) in [5.41, 5.74) is -0.613. The minimum absolute atomic E-state index is 0.161. The smallest absolute Gasteiger partial charge is 0.293 e. The van der Waals surface area contributed by atoms with Crippen LogP contribution in [0.2, 0.25) is 0 Å². The van der Waals surface area contributed by atoms with Gasteiger partial charge in [-0.2, -0.15) is 0 Å². The molecule has 0 amide bonds. The molecule has 0 fully saturated rings. The molecule has 1 rings (SSSR count). The van der Waals surface area contributed by atoms with E-state index in [-0.39, 0.29) is 18.0 Å². The van der Waals surface area contributed by atoms with E-state index in [1.165, 1.54) is 20.1 Å². The van der Waals surface area contributed by atoms with Crippen molar-refractivity contribution in [1.82, 2.24) is 4.72 Å². The predicted octanol–water partition coefficient (Wildman–Crippen LogP) is 1.25. The van der Waals surface area contributed by atoms with Gasteiger partial charge in [-0.15, -0.1) is 0 Å². The van der Waals surface area contributed by atoms with E-state index < -0.39 is 31.6 Å². The van der Waals surface area contributed by atoms with Gasteiger partial charge in [-0.1, -0.05) is 6.92 Å². The Kier molecular flexibility index (Phi) is 5.39. The minimum atomic E-state index is -4.18. The van der Waals surface area contributed by atoms with Crippen molar-refractivity contribution in [2.45, 2.75) is 31.2 Å². The van der Waals surface area contributed by atoms with Crippen LogP contribution in [0, 0.1) is 10.1 Å². The molecule has 0 bridgehead atoms. The van der Waals surface area contributed by atoms with Gasteiger partial charge >= 0.3 is 0 Å². The summed E-state index contributed by atoms with van der Waals surface area (Å²) >= 11 is 0. The lowest BCUT2D eigenvalue weighted by Crippen LogP contribution is -2.38. The first-order valence-corrected chi connectivity index (χ1v) is 7.58. The van der Waals surface area contributed by atoms with Gasteiger partial charge in [-0.25, -0.2) is 13.1 Å². The highest BCUT2D eigenvalue weighted by molar-refractivity contribution is 7.89. The quantitative estimate of drug-likeness (QED) is 0.598. The molecule has 8 nitrogen and oxygen atoms in total. The van der Waals surface area contributed by atoms with Crippen LogP contribution in [0.15, 0.2) is 23.1 Å². The number of sulfonamides is 1. The van der Waals surface area contributed by atoms with Crippen molar-refractivity contribution >= 4 is 21.5 Å². The van der Waals surface area contributed by atoms with E-state index in [9.17, 15) is 23.3 Å². The maximum atomic E-state index is 12.2. The van der Waals surface area contributed by atoms with Crippen molar-refractivity contribution in [1.29, 1.82) is 0 Å². The molecule has 1 aromatic rings. The maximum absolute atomic E-state index is 12.2. The van der Waals surface area contributed by atoms with E-state index in [1.807, 2.05) is 0 Å². The molecular formula is C12H16N2O6S. The Morgan fingerprint density at radius 2 is 2.10 bits per heavy atom. The van der Waals surface area contributed by atoms with Crippen molar-refractivity contribution in [3.05, 3.63) is 28.3 Å². The van der Waals surface area contributed by atoms with Crippen LogP contribution in [0.3, 0.4) is 0 Å². The fourth-order valence-corrected chi connectivity index (χ4v) is 3.04. The normalized spacial score (nSPS) is 12.7. The number of methoxy groups -OCH3 is 1. The Balaban J connectivity index is 3.25. The van der Waals surface area contributed by atoms with Crippen LogP contribution in [-0.2, 0) is 14.8 Å². The number of benzene rings is 1. The number of carbonyl (C=O) groups is 1. The lowest BCUT2D eigenvalue weighted by atomic mass is 10.2. The number of hydrogen-bond donors (Lipinski definition) is 1. The molecule has 9 heteroatoms. The lowest BCUT2D eigenvalue weighted by Gasteiger charge is -2.13. The summed E-state index contributed by atoms with van der Waals surface area (Å²) in [6.07, 6.45) is 0.161.